The number of hydrogen-bond donors (Lipinski definition) is 1. The highest BCUT2D eigenvalue weighted by atomic mass is 19.1. The van der Waals surface area contributed by atoms with E-state index in [0.717, 1.165) is 32.3 Å². The fraction of sp³-hybridized carbons (Fsp3) is 0.474. The lowest BCUT2D eigenvalue weighted by molar-refractivity contribution is 0.0697. The van der Waals surface area contributed by atoms with E-state index in [1.807, 2.05) is 0 Å². The Morgan fingerprint density at radius 2 is 2.30 bits per heavy atom. The summed E-state index contributed by atoms with van der Waals surface area (Å²) in [5.74, 6) is -1.37. The lowest BCUT2D eigenvalue weighted by atomic mass is 10.1. The molecule has 0 radical (unpaired) electrons. The van der Waals surface area contributed by atoms with Gasteiger partial charge < -0.3 is 24.0 Å². The minimum absolute atomic E-state index is 0.00621. The predicted molar refractivity (Wildman–Crippen MR) is 96.9 cm³/mol. The molecule has 0 bridgehead atoms. The molecule has 146 valence electrons. The van der Waals surface area contributed by atoms with E-state index in [-0.39, 0.29) is 29.0 Å². The third kappa shape index (κ3) is 4.21. The number of methoxy groups -OCH3 is 1. The van der Waals surface area contributed by atoms with Crippen LogP contribution in [-0.4, -0.2) is 49.6 Å². The molecule has 1 atom stereocenters. The summed E-state index contributed by atoms with van der Waals surface area (Å²) in [4.78, 5) is 13.6. The molecular weight excluding hydrogens is 355 g/mol. The molecule has 8 heteroatoms. The third-order valence-electron chi connectivity index (χ3n) is 4.71. The molecule has 0 amide bonds. The molecule has 2 aromatic rings. The molecule has 7 nitrogen and oxygen atoms in total. The van der Waals surface area contributed by atoms with Crippen LogP contribution in [0.5, 0.6) is 5.75 Å². The Hall–Kier alpha value is -2.61. The monoisotopic (exact) mass is 378 g/mol. The van der Waals surface area contributed by atoms with Crippen molar-refractivity contribution in [3.63, 3.8) is 0 Å². The van der Waals surface area contributed by atoms with Crippen molar-refractivity contribution >= 4 is 11.8 Å². The van der Waals surface area contributed by atoms with Gasteiger partial charge in [0.15, 0.2) is 28.7 Å². The van der Waals surface area contributed by atoms with Crippen LogP contribution in [0.25, 0.3) is 11.3 Å². The minimum atomic E-state index is -1.16. The summed E-state index contributed by atoms with van der Waals surface area (Å²) in [7, 11) is 3.11. The SMILES string of the molecule is COc1cc(-c2onc(N(C)CCCC3CCCO3)c2C(=O)O)ccc1F. The largest absolute Gasteiger partial charge is 0.494 e. The van der Waals surface area contributed by atoms with Crippen LogP contribution in [0.2, 0.25) is 0 Å². The zero-order chi connectivity index (χ0) is 19.4. The Morgan fingerprint density at radius 3 is 2.96 bits per heavy atom. The van der Waals surface area contributed by atoms with Crippen molar-refractivity contribution in [3.05, 3.63) is 29.6 Å². The van der Waals surface area contributed by atoms with E-state index in [2.05, 4.69) is 5.16 Å². The maximum Gasteiger partial charge on any atom is 0.343 e. The number of anilines is 1. The summed E-state index contributed by atoms with van der Waals surface area (Å²) in [6, 6.07) is 4.03. The maximum atomic E-state index is 13.6. The highest BCUT2D eigenvalue weighted by Crippen LogP contribution is 2.33. The van der Waals surface area contributed by atoms with Gasteiger partial charge in [0, 0.05) is 25.8 Å². The van der Waals surface area contributed by atoms with E-state index in [4.69, 9.17) is 14.0 Å². The Morgan fingerprint density at radius 1 is 1.48 bits per heavy atom. The first-order chi connectivity index (χ1) is 13.0. The topological polar surface area (TPSA) is 85.0 Å². The number of carboxylic acid groups (broad SMARTS) is 1. The Balaban J connectivity index is 1.79. The second-order valence-corrected chi connectivity index (χ2v) is 6.56. The molecule has 2 heterocycles. The zero-order valence-electron chi connectivity index (χ0n) is 15.4. The van der Waals surface area contributed by atoms with Crippen LogP contribution in [0.1, 0.15) is 36.0 Å². The number of aromatic carboxylic acids is 1. The molecule has 27 heavy (non-hydrogen) atoms. The summed E-state index contributed by atoms with van der Waals surface area (Å²) in [5.41, 5.74) is 0.334. The van der Waals surface area contributed by atoms with Gasteiger partial charge in [-0.3, -0.25) is 0 Å². The van der Waals surface area contributed by atoms with Crippen LogP contribution >= 0.6 is 0 Å². The predicted octanol–water partition coefficient (Wildman–Crippen LogP) is 3.58. The molecule has 3 rings (SSSR count). The second kappa shape index (κ2) is 8.39. The van der Waals surface area contributed by atoms with Gasteiger partial charge >= 0.3 is 5.97 Å². The average molecular weight is 378 g/mol. The standard InChI is InChI=1S/C19H23FN2O5/c1-22(9-3-5-13-6-4-10-26-13)18-16(19(23)24)17(27-21-18)12-7-8-14(20)15(11-12)25-2/h7-8,11,13H,3-6,9-10H2,1-2H3,(H,23,24). The molecule has 1 aliphatic rings. The van der Waals surface area contributed by atoms with Crippen molar-refractivity contribution in [2.75, 3.05) is 32.2 Å². The summed E-state index contributed by atoms with van der Waals surface area (Å²) in [6.45, 7) is 1.44. The third-order valence-corrected chi connectivity index (χ3v) is 4.71. The smallest absolute Gasteiger partial charge is 0.343 e. The van der Waals surface area contributed by atoms with Gasteiger partial charge in [-0.05, 0) is 43.9 Å². The lowest BCUT2D eigenvalue weighted by Crippen LogP contribution is -2.22. The number of halogens is 1. The summed E-state index contributed by atoms with van der Waals surface area (Å²) in [5, 5.41) is 13.6. The Kier molecular flexibility index (Phi) is 5.95. The van der Waals surface area contributed by atoms with Crippen LogP contribution < -0.4 is 9.64 Å². The zero-order valence-corrected chi connectivity index (χ0v) is 15.4. The van der Waals surface area contributed by atoms with E-state index in [1.54, 1.807) is 11.9 Å². The number of rotatable bonds is 8. The quantitative estimate of drug-likeness (QED) is 0.751. The summed E-state index contributed by atoms with van der Waals surface area (Å²) < 4.78 is 29.5. The van der Waals surface area contributed by atoms with E-state index >= 15 is 0 Å². The first-order valence-electron chi connectivity index (χ1n) is 8.91. The fourth-order valence-electron chi connectivity index (χ4n) is 3.27. The fourth-order valence-corrected chi connectivity index (χ4v) is 3.27. The van der Waals surface area contributed by atoms with Gasteiger partial charge in [-0.1, -0.05) is 5.16 Å². The molecule has 1 saturated heterocycles. The highest BCUT2D eigenvalue weighted by Gasteiger charge is 2.27. The molecule has 1 aliphatic heterocycles. The van der Waals surface area contributed by atoms with Gasteiger partial charge in [-0.2, -0.15) is 0 Å². The molecule has 1 aromatic carbocycles. The van der Waals surface area contributed by atoms with Crippen molar-refractivity contribution in [1.29, 1.82) is 0 Å². The van der Waals surface area contributed by atoms with E-state index in [9.17, 15) is 14.3 Å². The number of nitrogens with zero attached hydrogens (tertiary/aromatic N) is 2. The minimum Gasteiger partial charge on any atom is -0.494 e. The first-order valence-corrected chi connectivity index (χ1v) is 8.91. The number of aromatic nitrogens is 1. The molecule has 1 fully saturated rings. The van der Waals surface area contributed by atoms with Crippen LogP contribution in [0.4, 0.5) is 10.2 Å². The van der Waals surface area contributed by atoms with E-state index in [0.29, 0.717) is 12.1 Å². The van der Waals surface area contributed by atoms with E-state index in [1.165, 1.54) is 25.3 Å². The highest BCUT2D eigenvalue weighted by molar-refractivity contribution is 5.99. The number of carbonyl (C=O) groups is 1. The van der Waals surface area contributed by atoms with Gasteiger partial charge in [0.05, 0.1) is 13.2 Å². The number of benzene rings is 1. The molecule has 0 aliphatic carbocycles. The van der Waals surface area contributed by atoms with Crippen molar-refractivity contribution in [2.24, 2.45) is 0 Å². The van der Waals surface area contributed by atoms with Crippen molar-refractivity contribution in [3.8, 4) is 17.1 Å². The van der Waals surface area contributed by atoms with Gasteiger partial charge in [0.25, 0.3) is 0 Å². The molecule has 1 unspecified atom stereocenters. The Labute approximate surface area is 156 Å². The molecular formula is C19H23FN2O5. The number of ether oxygens (including phenoxy) is 2. The van der Waals surface area contributed by atoms with Gasteiger partial charge in [-0.25, -0.2) is 9.18 Å². The van der Waals surface area contributed by atoms with Gasteiger partial charge in [-0.15, -0.1) is 0 Å². The van der Waals surface area contributed by atoms with Crippen LogP contribution in [0.15, 0.2) is 22.7 Å². The number of hydrogen-bond acceptors (Lipinski definition) is 6. The van der Waals surface area contributed by atoms with Crippen molar-refractivity contribution in [2.45, 2.75) is 31.8 Å². The molecule has 1 aromatic heterocycles. The second-order valence-electron chi connectivity index (χ2n) is 6.56. The van der Waals surface area contributed by atoms with Crippen LogP contribution in [-0.2, 0) is 4.74 Å². The lowest BCUT2D eigenvalue weighted by Gasteiger charge is -2.17. The Bertz CT molecular complexity index is 801. The van der Waals surface area contributed by atoms with Crippen molar-refractivity contribution < 1.29 is 28.3 Å². The normalized spacial score (nSPS) is 16.5. The van der Waals surface area contributed by atoms with Crippen molar-refractivity contribution in [1.82, 2.24) is 5.16 Å². The van der Waals surface area contributed by atoms with E-state index < -0.39 is 11.8 Å². The van der Waals surface area contributed by atoms with Crippen LogP contribution in [0.3, 0.4) is 0 Å². The van der Waals surface area contributed by atoms with Gasteiger partial charge in [0.2, 0.25) is 0 Å². The average Bonchev–Trinajstić information content (AvgIpc) is 3.31. The number of carboxylic acids is 1. The summed E-state index contributed by atoms with van der Waals surface area (Å²) in [6.07, 6.45) is 4.23. The first kappa shape index (κ1) is 19.2. The van der Waals surface area contributed by atoms with Crippen LogP contribution in [0, 0.1) is 5.82 Å². The van der Waals surface area contributed by atoms with Gasteiger partial charge in [0.1, 0.15) is 0 Å². The molecule has 1 N–H and O–H groups in total. The molecule has 0 spiro atoms. The summed E-state index contributed by atoms with van der Waals surface area (Å²) >= 11 is 0. The molecule has 0 saturated carbocycles. The maximum absolute atomic E-state index is 13.6.